The first-order chi connectivity index (χ1) is 9.58. The number of hydrogen-bond donors (Lipinski definition) is 2. The third-order valence-electron chi connectivity index (χ3n) is 4.16. The number of nitrogens with two attached hydrogens (primary N) is 1. The second kappa shape index (κ2) is 6.86. The monoisotopic (exact) mass is 274 g/mol. The van der Waals surface area contributed by atoms with Crippen LogP contribution in [-0.4, -0.2) is 54.4 Å². The Kier molecular flexibility index (Phi) is 5.15. The lowest BCUT2D eigenvalue weighted by molar-refractivity contribution is 0.108. The van der Waals surface area contributed by atoms with Gasteiger partial charge in [0, 0.05) is 38.8 Å². The minimum atomic E-state index is 0.0156. The first-order valence-electron chi connectivity index (χ1n) is 7.43. The summed E-state index contributed by atoms with van der Waals surface area (Å²) < 4.78 is 0. The number of nitrogens with one attached hydrogen (secondary N) is 1. The van der Waals surface area contributed by atoms with Crippen LogP contribution in [0.15, 0.2) is 30.3 Å². The Hall–Kier alpha value is -1.39. The first kappa shape index (κ1) is 15.0. The summed E-state index contributed by atoms with van der Waals surface area (Å²) in [4.78, 5) is 4.93. The van der Waals surface area contributed by atoms with Crippen molar-refractivity contribution < 1.29 is 0 Å². The van der Waals surface area contributed by atoms with E-state index in [0.717, 1.165) is 38.3 Å². The maximum Gasteiger partial charge on any atom is 0.0995 e. The molecule has 1 unspecified atom stereocenters. The molecule has 0 amide bonds. The number of benzene rings is 1. The molecule has 2 rings (SSSR count). The summed E-state index contributed by atoms with van der Waals surface area (Å²) in [5, 5.41) is 7.86. The van der Waals surface area contributed by atoms with Crippen molar-refractivity contribution in [2.45, 2.75) is 25.8 Å². The van der Waals surface area contributed by atoms with E-state index in [-0.39, 0.29) is 11.8 Å². The van der Waals surface area contributed by atoms with Gasteiger partial charge < -0.3 is 5.73 Å². The van der Waals surface area contributed by atoms with Gasteiger partial charge in [-0.05, 0) is 19.4 Å². The van der Waals surface area contributed by atoms with Gasteiger partial charge in [-0.1, -0.05) is 30.3 Å². The molecule has 0 bridgehead atoms. The van der Waals surface area contributed by atoms with Crippen molar-refractivity contribution in [1.29, 1.82) is 5.41 Å². The Morgan fingerprint density at radius 2 is 1.75 bits per heavy atom. The molecule has 1 aromatic rings. The van der Waals surface area contributed by atoms with Crippen molar-refractivity contribution >= 4 is 5.84 Å². The van der Waals surface area contributed by atoms with Crippen LogP contribution in [-0.2, 0) is 0 Å². The van der Waals surface area contributed by atoms with E-state index in [1.807, 2.05) is 18.2 Å². The van der Waals surface area contributed by atoms with E-state index in [1.165, 1.54) is 0 Å². The molecule has 1 saturated heterocycles. The molecule has 0 radical (unpaired) electrons. The molecule has 1 fully saturated rings. The van der Waals surface area contributed by atoms with Crippen molar-refractivity contribution in [3.05, 3.63) is 35.9 Å². The van der Waals surface area contributed by atoms with Crippen molar-refractivity contribution in [3.8, 4) is 0 Å². The third kappa shape index (κ3) is 3.81. The topological polar surface area (TPSA) is 56.4 Å². The van der Waals surface area contributed by atoms with Gasteiger partial charge in [-0.2, -0.15) is 0 Å². The third-order valence-corrected chi connectivity index (χ3v) is 4.16. The molecule has 1 atom stereocenters. The zero-order valence-electron chi connectivity index (χ0n) is 12.5. The fourth-order valence-electron chi connectivity index (χ4n) is 2.79. The van der Waals surface area contributed by atoms with Crippen molar-refractivity contribution in [2.75, 3.05) is 32.7 Å². The minimum absolute atomic E-state index is 0.0156. The van der Waals surface area contributed by atoms with E-state index in [0.29, 0.717) is 6.04 Å². The molecule has 0 aliphatic carbocycles. The lowest BCUT2D eigenvalue weighted by Gasteiger charge is -2.38. The highest BCUT2D eigenvalue weighted by atomic mass is 15.3. The molecule has 1 heterocycles. The summed E-state index contributed by atoms with van der Waals surface area (Å²) >= 11 is 0. The van der Waals surface area contributed by atoms with Crippen LogP contribution in [0.2, 0.25) is 0 Å². The van der Waals surface area contributed by atoms with Crippen LogP contribution in [0.1, 0.15) is 25.3 Å². The molecule has 0 aromatic heterocycles. The quantitative estimate of drug-likeness (QED) is 0.635. The molecule has 4 heteroatoms. The van der Waals surface area contributed by atoms with Gasteiger partial charge in [-0.15, -0.1) is 0 Å². The fraction of sp³-hybridized carbons (Fsp3) is 0.562. The standard InChI is InChI=1S/C16H26N4/c1-13(2)20-10-8-19(9-11-20)12-15(16(17)18)14-6-4-3-5-7-14/h3-7,13,15H,8-12H2,1-2H3,(H3,17,18). The Labute approximate surface area is 122 Å². The van der Waals surface area contributed by atoms with Gasteiger partial charge in [-0.3, -0.25) is 15.2 Å². The molecule has 3 N–H and O–H groups in total. The van der Waals surface area contributed by atoms with Crippen LogP contribution in [0.3, 0.4) is 0 Å². The van der Waals surface area contributed by atoms with E-state index in [9.17, 15) is 0 Å². The second-order valence-electron chi connectivity index (χ2n) is 5.85. The predicted octanol–water partition coefficient (Wildman–Crippen LogP) is 1.73. The Bertz CT molecular complexity index is 421. The number of rotatable bonds is 5. The minimum Gasteiger partial charge on any atom is -0.387 e. The molecule has 110 valence electrons. The van der Waals surface area contributed by atoms with Gasteiger partial charge in [-0.25, -0.2) is 0 Å². The summed E-state index contributed by atoms with van der Waals surface area (Å²) in [5.74, 6) is 0.282. The van der Waals surface area contributed by atoms with Crippen LogP contribution < -0.4 is 5.73 Å². The van der Waals surface area contributed by atoms with Crippen molar-refractivity contribution in [3.63, 3.8) is 0 Å². The largest absolute Gasteiger partial charge is 0.387 e. The molecule has 1 aromatic carbocycles. The summed E-state index contributed by atoms with van der Waals surface area (Å²) in [6.07, 6.45) is 0. The molecule has 1 aliphatic rings. The number of piperazine rings is 1. The number of nitrogens with zero attached hydrogens (tertiary/aromatic N) is 2. The van der Waals surface area contributed by atoms with E-state index in [1.54, 1.807) is 0 Å². The lowest BCUT2D eigenvalue weighted by atomic mass is 9.97. The van der Waals surface area contributed by atoms with Crippen LogP contribution in [0.25, 0.3) is 0 Å². The first-order valence-corrected chi connectivity index (χ1v) is 7.43. The second-order valence-corrected chi connectivity index (χ2v) is 5.85. The van der Waals surface area contributed by atoms with Crippen molar-refractivity contribution in [2.24, 2.45) is 5.73 Å². The zero-order chi connectivity index (χ0) is 14.5. The summed E-state index contributed by atoms with van der Waals surface area (Å²) in [6, 6.07) is 10.8. The SMILES string of the molecule is CC(C)N1CCN(CC(C(=N)N)c2ccccc2)CC1. The maximum absolute atomic E-state index is 7.86. The van der Waals surface area contributed by atoms with Gasteiger partial charge in [0.1, 0.15) is 0 Å². The van der Waals surface area contributed by atoms with E-state index >= 15 is 0 Å². The molecule has 0 spiro atoms. The Morgan fingerprint density at radius 1 is 1.15 bits per heavy atom. The Morgan fingerprint density at radius 3 is 2.25 bits per heavy atom. The normalized spacial score (nSPS) is 19.1. The van der Waals surface area contributed by atoms with E-state index in [2.05, 4.69) is 35.8 Å². The average Bonchev–Trinajstić information content (AvgIpc) is 2.46. The average molecular weight is 274 g/mol. The van der Waals surface area contributed by atoms with Crippen molar-refractivity contribution in [1.82, 2.24) is 9.80 Å². The van der Waals surface area contributed by atoms with Crippen LogP contribution in [0.4, 0.5) is 0 Å². The van der Waals surface area contributed by atoms with Gasteiger partial charge >= 0.3 is 0 Å². The number of hydrogen-bond acceptors (Lipinski definition) is 3. The molecule has 20 heavy (non-hydrogen) atoms. The Balaban J connectivity index is 1.95. The zero-order valence-corrected chi connectivity index (χ0v) is 12.5. The lowest BCUT2D eigenvalue weighted by Crippen LogP contribution is -2.50. The fourth-order valence-corrected chi connectivity index (χ4v) is 2.79. The van der Waals surface area contributed by atoms with Crippen LogP contribution >= 0.6 is 0 Å². The molecular weight excluding hydrogens is 248 g/mol. The molecule has 0 saturated carbocycles. The summed E-state index contributed by atoms with van der Waals surface area (Å²) in [6.45, 7) is 9.69. The molecule has 4 nitrogen and oxygen atoms in total. The van der Waals surface area contributed by atoms with Gasteiger partial charge in [0.15, 0.2) is 0 Å². The van der Waals surface area contributed by atoms with E-state index in [4.69, 9.17) is 11.1 Å². The van der Waals surface area contributed by atoms with Gasteiger partial charge in [0.05, 0.1) is 11.8 Å². The summed E-state index contributed by atoms with van der Waals surface area (Å²) in [5.41, 5.74) is 6.95. The highest BCUT2D eigenvalue weighted by molar-refractivity contribution is 5.84. The predicted molar refractivity (Wildman–Crippen MR) is 84.2 cm³/mol. The maximum atomic E-state index is 7.86. The smallest absolute Gasteiger partial charge is 0.0995 e. The number of amidine groups is 1. The molecule has 1 aliphatic heterocycles. The highest BCUT2D eigenvalue weighted by Gasteiger charge is 2.23. The van der Waals surface area contributed by atoms with Gasteiger partial charge in [0.25, 0.3) is 0 Å². The van der Waals surface area contributed by atoms with E-state index < -0.39 is 0 Å². The summed E-state index contributed by atoms with van der Waals surface area (Å²) in [7, 11) is 0. The highest BCUT2D eigenvalue weighted by Crippen LogP contribution is 2.18. The molecular formula is C16H26N4. The van der Waals surface area contributed by atoms with Gasteiger partial charge in [0.2, 0.25) is 0 Å². The van der Waals surface area contributed by atoms with Crippen LogP contribution in [0.5, 0.6) is 0 Å². The van der Waals surface area contributed by atoms with Crippen LogP contribution in [0, 0.1) is 5.41 Å².